The molecule has 0 radical (unpaired) electrons. The maximum atomic E-state index is 11.4. The van der Waals surface area contributed by atoms with E-state index in [0.29, 0.717) is 0 Å². The van der Waals surface area contributed by atoms with Crippen LogP contribution in [0.1, 0.15) is 19.3 Å². The standard InChI is InChI=1S/C19H20N4O2S/c20-26(24,25)16-7-4-14(5-8-16)15-6-9-17-18(12-15)22-19(13-21-17)23-10-2-1-3-11-23/h4-9,12-13H,1-3,10-11H2,(H2,20,24,25). The van der Waals surface area contributed by atoms with Gasteiger partial charge in [0.05, 0.1) is 22.1 Å². The number of rotatable bonds is 3. The molecular formula is C19H20N4O2S. The molecule has 1 saturated heterocycles. The highest BCUT2D eigenvalue weighted by molar-refractivity contribution is 7.89. The highest BCUT2D eigenvalue weighted by Crippen LogP contribution is 2.26. The first-order valence-electron chi connectivity index (χ1n) is 8.66. The summed E-state index contributed by atoms with van der Waals surface area (Å²) in [4.78, 5) is 11.7. The van der Waals surface area contributed by atoms with E-state index in [9.17, 15) is 8.42 Å². The molecule has 1 fully saturated rings. The second-order valence-electron chi connectivity index (χ2n) is 6.55. The first-order chi connectivity index (χ1) is 12.5. The fraction of sp³-hybridized carbons (Fsp3) is 0.263. The van der Waals surface area contributed by atoms with Crippen LogP contribution in [0.3, 0.4) is 0 Å². The van der Waals surface area contributed by atoms with Crippen molar-refractivity contribution in [3.63, 3.8) is 0 Å². The van der Waals surface area contributed by atoms with Gasteiger partial charge in [-0.3, -0.25) is 4.98 Å². The van der Waals surface area contributed by atoms with E-state index in [1.807, 2.05) is 24.4 Å². The fourth-order valence-electron chi connectivity index (χ4n) is 3.29. The molecule has 0 aliphatic carbocycles. The molecule has 0 saturated carbocycles. The third-order valence-electron chi connectivity index (χ3n) is 4.73. The maximum Gasteiger partial charge on any atom is 0.238 e. The largest absolute Gasteiger partial charge is 0.355 e. The topological polar surface area (TPSA) is 89.2 Å². The summed E-state index contributed by atoms with van der Waals surface area (Å²) in [6, 6.07) is 12.4. The molecule has 1 aliphatic rings. The number of piperidine rings is 1. The summed E-state index contributed by atoms with van der Waals surface area (Å²) in [5.41, 5.74) is 3.55. The Morgan fingerprint density at radius 3 is 2.27 bits per heavy atom. The first kappa shape index (κ1) is 16.9. The number of anilines is 1. The number of primary sulfonamides is 1. The molecule has 4 rings (SSSR count). The zero-order valence-corrected chi connectivity index (χ0v) is 15.1. The van der Waals surface area contributed by atoms with Crippen molar-refractivity contribution in [3.05, 3.63) is 48.7 Å². The average Bonchev–Trinajstić information content (AvgIpc) is 2.67. The number of aromatic nitrogens is 2. The van der Waals surface area contributed by atoms with Gasteiger partial charge in [-0.25, -0.2) is 18.5 Å². The number of hydrogen-bond acceptors (Lipinski definition) is 5. The molecule has 3 aromatic rings. The summed E-state index contributed by atoms with van der Waals surface area (Å²) in [5, 5.41) is 5.16. The Balaban J connectivity index is 1.69. The van der Waals surface area contributed by atoms with Gasteiger partial charge in [-0.2, -0.15) is 0 Å². The Kier molecular flexibility index (Phi) is 4.34. The SMILES string of the molecule is NS(=O)(=O)c1ccc(-c2ccc3ncc(N4CCCCC4)nc3c2)cc1. The van der Waals surface area contributed by atoms with Crippen LogP contribution in [0.4, 0.5) is 5.82 Å². The van der Waals surface area contributed by atoms with Gasteiger partial charge >= 0.3 is 0 Å². The predicted octanol–water partition coefficient (Wildman–Crippen LogP) is 2.93. The molecule has 0 spiro atoms. The zero-order valence-electron chi connectivity index (χ0n) is 14.3. The summed E-state index contributed by atoms with van der Waals surface area (Å²) in [7, 11) is -3.68. The normalized spacial score (nSPS) is 15.3. The predicted molar refractivity (Wildman–Crippen MR) is 102 cm³/mol. The quantitative estimate of drug-likeness (QED) is 0.768. The van der Waals surface area contributed by atoms with Crippen LogP contribution in [0, 0.1) is 0 Å². The Morgan fingerprint density at radius 2 is 1.58 bits per heavy atom. The lowest BCUT2D eigenvalue weighted by atomic mass is 10.1. The molecule has 1 aliphatic heterocycles. The molecule has 2 N–H and O–H groups in total. The van der Waals surface area contributed by atoms with Crippen molar-refractivity contribution >= 4 is 26.9 Å². The van der Waals surface area contributed by atoms with Gasteiger partial charge in [0.15, 0.2) is 0 Å². The maximum absolute atomic E-state index is 11.4. The molecule has 0 amide bonds. The minimum absolute atomic E-state index is 0.106. The molecule has 0 atom stereocenters. The van der Waals surface area contributed by atoms with Gasteiger partial charge in [-0.05, 0) is 54.7 Å². The van der Waals surface area contributed by atoms with Crippen LogP contribution in [0.5, 0.6) is 0 Å². The van der Waals surface area contributed by atoms with Crippen LogP contribution in [-0.2, 0) is 10.0 Å². The summed E-state index contributed by atoms with van der Waals surface area (Å²) in [6.45, 7) is 2.05. The van der Waals surface area contributed by atoms with Crippen molar-refractivity contribution in [3.8, 4) is 11.1 Å². The van der Waals surface area contributed by atoms with Crippen LogP contribution in [0.15, 0.2) is 53.6 Å². The Hall–Kier alpha value is -2.51. The molecule has 6 nitrogen and oxygen atoms in total. The highest BCUT2D eigenvalue weighted by Gasteiger charge is 2.13. The number of nitrogens with zero attached hydrogens (tertiary/aromatic N) is 3. The average molecular weight is 368 g/mol. The van der Waals surface area contributed by atoms with Crippen LogP contribution < -0.4 is 10.0 Å². The van der Waals surface area contributed by atoms with Gasteiger partial charge in [-0.1, -0.05) is 18.2 Å². The number of hydrogen-bond donors (Lipinski definition) is 1. The second kappa shape index (κ2) is 6.66. The summed E-state index contributed by atoms with van der Waals surface area (Å²) in [6.07, 6.45) is 5.50. The van der Waals surface area contributed by atoms with Gasteiger partial charge in [0.2, 0.25) is 10.0 Å². The van der Waals surface area contributed by atoms with Gasteiger partial charge in [-0.15, -0.1) is 0 Å². The number of sulfonamides is 1. The van der Waals surface area contributed by atoms with Crippen LogP contribution in [0.25, 0.3) is 22.2 Å². The molecule has 0 bridgehead atoms. The van der Waals surface area contributed by atoms with Crippen molar-refractivity contribution in [2.24, 2.45) is 5.14 Å². The van der Waals surface area contributed by atoms with E-state index in [2.05, 4.69) is 9.88 Å². The lowest BCUT2D eigenvalue weighted by molar-refractivity contribution is 0.573. The van der Waals surface area contributed by atoms with Crippen LogP contribution in [0.2, 0.25) is 0 Å². The minimum Gasteiger partial charge on any atom is -0.355 e. The molecule has 0 unspecified atom stereocenters. The lowest BCUT2D eigenvalue weighted by Crippen LogP contribution is -2.30. The van der Waals surface area contributed by atoms with Gasteiger partial charge in [0.1, 0.15) is 5.82 Å². The van der Waals surface area contributed by atoms with Crippen LogP contribution in [-0.4, -0.2) is 31.5 Å². The lowest BCUT2D eigenvalue weighted by Gasteiger charge is -2.27. The highest BCUT2D eigenvalue weighted by atomic mass is 32.2. The molecule has 2 aromatic carbocycles. The first-order valence-corrected chi connectivity index (χ1v) is 10.2. The van der Waals surface area contributed by atoms with Gasteiger partial charge < -0.3 is 4.90 Å². The summed E-state index contributed by atoms with van der Waals surface area (Å²) >= 11 is 0. The van der Waals surface area contributed by atoms with E-state index >= 15 is 0 Å². The summed E-state index contributed by atoms with van der Waals surface area (Å²) < 4.78 is 22.8. The molecule has 1 aromatic heterocycles. The summed E-state index contributed by atoms with van der Waals surface area (Å²) in [5.74, 6) is 0.916. The van der Waals surface area contributed by atoms with Gasteiger partial charge in [0, 0.05) is 13.1 Å². The third-order valence-corrected chi connectivity index (χ3v) is 5.65. The van der Waals surface area contributed by atoms with E-state index < -0.39 is 10.0 Å². The molecule has 7 heteroatoms. The van der Waals surface area contributed by atoms with Gasteiger partial charge in [0.25, 0.3) is 0 Å². The van der Waals surface area contributed by atoms with Crippen molar-refractivity contribution in [2.75, 3.05) is 18.0 Å². The van der Waals surface area contributed by atoms with Crippen molar-refractivity contribution in [1.82, 2.24) is 9.97 Å². The second-order valence-corrected chi connectivity index (χ2v) is 8.11. The Morgan fingerprint density at radius 1 is 0.885 bits per heavy atom. The zero-order chi connectivity index (χ0) is 18.1. The number of nitrogens with two attached hydrogens (primary N) is 1. The smallest absolute Gasteiger partial charge is 0.238 e. The Bertz CT molecular complexity index is 1040. The van der Waals surface area contributed by atoms with E-state index in [4.69, 9.17) is 10.1 Å². The van der Waals surface area contributed by atoms with E-state index in [-0.39, 0.29) is 4.90 Å². The van der Waals surface area contributed by atoms with Crippen LogP contribution >= 0.6 is 0 Å². The number of fused-ring (bicyclic) bond motifs is 1. The molecule has 2 heterocycles. The molecule has 134 valence electrons. The van der Waals surface area contributed by atoms with E-state index in [1.165, 1.54) is 31.4 Å². The molecule has 26 heavy (non-hydrogen) atoms. The van der Waals surface area contributed by atoms with E-state index in [0.717, 1.165) is 41.1 Å². The number of benzene rings is 2. The minimum atomic E-state index is -3.68. The van der Waals surface area contributed by atoms with Crippen molar-refractivity contribution < 1.29 is 8.42 Å². The Labute approximate surface area is 152 Å². The van der Waals surface area contributed by atoms with E-state index in [1.54, 1.807) is 12.1 Å². The van der Waals surface area contributed by atoms with Crippen molar-refractivity contribution in [2.45, 2.75) is 24.2 Å². The fourth-order valence-corrected chi connectivity index (χ4v) is 3.81. The third kappa shape index (κ3) is 3.40. The molecular weight excluding hydrogens is 348 g/mol. The monoisotopic (exact) mass is 368 g/mol. The van der Waals surface area contributed by atoms with Crippen molar-refractivity contribution in [1.29, 1.82) is 0 Å².